The van der Waals surface area contributed by atoms with Crippen molar-refractivity contribution in [2.45, 2.75) is 18.4 Å². The molecule has 76 valence electrons. The maximum atomic E-state index is 5.96. The van der Waals surface area contributed by atoms with Crippen molar-refractivity contribution in [3.05, 3.63) is 27.7 Å². The second-order valence-electron chi connectivity index (χ2n) is 3.73. The van der Waals surface area contributed by atoms with Gasteiger partial charge in [-0.15, -0.1) is 0 Å². The Balaban J connectivity index is 2.04. The maximum Gasteiger partial charge on any atom is 0.139 e. The van der Waals surface area contributed by atoms with E-state index in [0.29, 0.717) is 17.4 Å². The molecule has 0 saturated heterocycles. The third-order valence-electron chi connectivity index (χ3n) is 2.30. The molecule has 0 unspecified atom stereocenters. The van der Waals surface area contributed by atoms with Gasteiger partial charge in [-0.1, -0.05) is 27.5 Å². The molecule has 1 aromatic rings. The van der Waals surface area contributed by atoms with Crippen LogP contribution in [-0.4, -0.2) is 12.1 Å². The summed E-state index contributed by atoms with van der Waals surface area (Å²) in [5.41, 5.74) is 5.80. The molecule has 2 nitrogen and oxygen atoms in total. The molecule has 2 N–H and O–H groups in total. The van der Waals surface area contributed by atoms with Crippen LogP contribution in [0, 0.1) is 0 Å². The first-order valence-corrected chi connectivity index (χ1v) is 5.63. The lowest BCUT2D eigenvalue weighted by Crippen LogP contribution is -2.29. The minimum atomic E-state index is -0.106. The van der Waals surface area contributed by atoms with E-state index in [1.807, 2.05) is 12.1 Å². The molecule has 2 rings (SSSR count). The van der Waals surface area contributed by atoms with Crippen LogP contribution in [0.5, 0.6) is 5.75 Å². The molecule has 0 aromatic heterocycles. The molecule has 0 aliphatic heterocycles. The fourth-order valence-electron chi connectivity index (χ4n) is 1.11. The number of rotatable bonds is 3. The van der Waals surface area contributed by atoms with Gasteiger partial charge in [0.2, 0.25) is 0 Å². The first kappa shape index (κ1) is 10.3. The molecule has 1 aliphatic rings. The van der Waals surface area contributed by atoms with Gasteiger partial charge in [-0.05, 0) is 31.0 Å². The van der Waals surface area contributed by atoms with E-state index in [1.54, 1.807) is 6.07 Å². The summed E-state index contributed by atoms with van der Waals surface area (Å²) < 4.78 is 6.51. The van der Waals surface area contributed by atoms with E-state index in [1.165, 1.54) is 0 Å². The fraction of sp³-hybridized carbons (Fsp3) is 0.400. The average Bonchev–Trinajstić information content (AvgIpc) is 2.87. The largest absolute Gasteiger partial charge is 0.490 e. The zero-order valence-corrected chi connectivity index (χ0v) is 9.94. The van der Waals surface area contributed by atoms with Crippen molar-refractivity contribution < 1.29 is 4.74 Å². The predicted octanol–water partition coefficient (Wildman–Crippen LogP) is 2.97. The molecule has 0 atom stereocenters. The molecule has 4 heteroatoms. The van der Waals surface area contributed by atoms with E-state index in [2.05, 4.69) is 15.9 Å². The third kappa shape index (κ3) is 2.41. The van der Waals surface area contributed by atoms with Crippen LogP contribution in [0.1, 0.15) is 12.8 Å². The Bertz CT molecular complexity index is 352. The predicted molar refractivity (Wildman–Crippen MR) is 60.8 cm³/mol. The lowest BCUT2D eigenvalue weighted by molar-refractivity contribution is 0.279. The number of hydrogen-bond donors (Lipinski definition) is 1. The van der Waals surface area contributed by atoms with Crippen LogP contribution in [0.2, 0.25) is 5.02 Å². The van der Waals surface area contributed by atoms with E-state index >= 15 is 0 Å². The molecule has 0 amide bonds. The van der Waals surface area contributed by atoms with Crippen LogP contribution >= 0.6 is 27.5 Å². The quantitative estimate of drug-likeness (QED) is 0.921. The fourth-order valence-corrected chi connectivity index (χ4v) is 1.63. The lowest BCUT2D eigenvalue weighted by Gasteiger charge is -2.12. The van der Waals surface area contributed by atoms with Crippen LogP contribution in [0.25, 0.3) is 0 Å². The summed E-state index contributed by atoms with van der Waals surface area (Å²) in [5, 5.41) is 0.623. The molecule has 0 spiro atoms. The molecule has 0 heterocycles. The van der Waals surface area contributed by atoms with Gasteiger partial charge >= 0.3 is 0 Å². The number of halogens is 2. The van der Waals surface area contributed by atoms with Gasteiger partial charge in [0, 0.05) is 4.47 Å². The van der Waals surface area contributed by atoms with Crippen molar-refractivity contribution >= 4 is 27.5 Å². The van der Waals surface area contributed by atoms with Gasteiger partial charge in [0.15, 0.2) is 0 Å². The minimum absolute atomic E-state index is 0.106. The van der Waals surface area contributed by atoms with E-state index in [0.717, 1.165) is 17.3 Å². The minimum Gasteiger partial charge on any atom is -0.490 e. The zero-order valence-electron chi connectivity index (χ0n) is 7.59. The first-order valence-electron chi connectivity index (χ1n) is 4.46. The van der Waals surface area contributed by atoms with Crippen molar-refractivity contribution in [1.29, 1.82) is 0 Å². The summed E-state index contributed by atoms with van der Waals surface area (Å²) >= 11 is 9.32. The van der Waals surface area contributed by atoms with Crippen molar-refractivity contribution in [2.24, 2.45) is 5.73 Å². The Morgan fingerprint density at radius 3 is 2.86 bits per heavy atom. The summed E-state index contributed by atoms with van der Waals surface area (Å²) in [4.78, 5) is 0. The Morgan fingerprint density at radius 2 is 2.21 bits per heavy atom. The number of nitrogens with two attached hydrogens (primary N) is 1. The number of benzene rings is 1. The summed E-state index contributed by atoms with van der Waals surface area (Å²) in [6, 6.07) is 5.54. The van der Waals surface area contributed by atoms with Crippen LogP contribution < -0.4 is 10.5 Å². The summed E-state index contributed by atoms with van der Waals surface area (Å²) in [5.74, 6) is 0.692. The van der Waals surface area contributed by atoms with Gasteiger partial charge in [0.25, 0.3) is 0 Å². The Hall–Kier alpha value is -0.250. The van der Waals surface area contributed by atoms with Crippen LogP contribution in [0.15, 0.2) is 22.7 Å². The smallest absolute Gasteiger partial charge is 0.139 e. The summed E-state index contributed by atoms with van der Waals surface area (Å²) in [6.07, 6.45) is 2.08. The average molecular weight is 277 g/mol. The first-order chi connectivity index (χ1) is 6.59. The Morgan fingerprint density at radius 1 is 1.50 bits per heavy atom. The van der Waals surface area contributed by atoms with E-state index in [-0.39, 0.29) is 5.54 Å². The molecule has 0 radical (unpaired) electrons. The van der Waals surface area contributed by atoms with Crippen LogP contribution in [-0.2, 0) is 0 Å². The molecule has 1 aliphatic carbocycles. The van der Waals surface area contributed by atoms with Gasteiger partial charge in [0.05, 0.1) is 10.6 Å². The molecule has 1 saturated carbocycles. The standard InChI is InChI=1S/C10H11BrClNO/c11-7-1-2-8(12)9(5-7)14-6-10(13)3-4-10/h1-2,5H,3-4,6,13H2. The number of ether oxygens (including phenoxy) is 1. The highest BCUT2D eigenvalue weighted by Crippen LogP contribution is 2.34. The molecule has 1 fully saturated rings. The second-order valence-corrected chi connectivity index (χ2v) is 5.05. The molecule has 1 aromatic carbocycles. The summed E-state index contributed by atoms with van der Waals surface area (Å²) in [6.45, 7) is 0.545. The highest BCUT2D eigenvalue weighted by atomic mass is 79.9. The normalized spacial score (nSPS) is 17.9. The number of hydrogen-bond acceptors (Lipinski definition) is 2. The highest BCUT2D eigenvalue weighted by molar-refractivity contribution is 9.10. The molecular formula is C10H11BrClNO. The van der Waals surface area contributed by atoms with E-state index < -0.39 is 0 Å². The van der Waals surface area contributed by atoms with Gasteiger partial charge in [-0.25, -0.2) is 0 Å². The lowest BCUT2D eigenvalue weighted by atomic mass is 10.3. The van der Waals surface area contributed by atoms with Crippen molar-refractivity contribution in [3.8, 4) is 5.75 Å². The summed E-state index contributed by atoms with van der Waals surface area (Å²) in [7, 11) is 0. The Kier molecular flexibility index (Phi) is 2.73. The monoisotopic (exact) mass is 275 g/mol. The highest BCUT2D eigenvalue weighted by Gasteiger charge is 2.39. The Labute approximate surface area is 96.5 Å². The maximum absolute atomic E-state index is 5.96. The third-order valence-corrected chi connectivity index (χ3v) is 3.11. The van der Waals surface area contributed by atoms with E-state index in [4.69, 9.17) is 22.1 Å². The molecular weight excluding hydrogens is 265 g/mol. The topological polar surface area (TPSA) is 35.2 Å². The SMILES string of the molecule is NC1(COc2cc(Br)ccc2Cl)CC1. The van der Waals surface area contributed by atoms with Crippen molar-refractivity contribution in [1.82, 2.24) is 0 Å². The molecule has 14 heavy (non-hydrogen) atoms. The van der Waals surface area contributed by atoms with Gasteiger partial charge in [-0.3, -0.25) is 0 Å². The zero-order chi connectivity index (χ0) is 10.2. The van der Waals surface area contributed by atoms with Gasteiger partial charge < -0.3 is 10.5 Å². The van der Waals surface area contributed by atoms with Crippen LogP contribution in [0.3, 0.4) is 0 Å². The molecule has 0 bridgehead atoms. The second kappa shape index (κ2) is 3.72. The van der Waals surface area contributed by atoms with Crippen molar-refractivity contribution in [3.63, 3.8) is 0 Å². The van der Waals surface area contributed by atoms with Crippen molar-refractivity contribution in [2.75, 3.05) is 6.61 Å². The van der Waals surface area contributed by atoms with Gasteiger partial charge in [0.1, 0.15) is 12.4 Å². The van der Waals surface area contributed by atoms with E-state index in [9.17, 15) is 0 Å². The van der Waals surface area contributed by atoms with Gasteiger partial charge in [-0.2, -0.15) is 0 Å². The van der Waals surface area contributed by atoms with Crippen LogP contribution in [0.4, 0.5) is 0 Å².